The molecule has 5 heteroatoms. The molecule has 0 heterocycles. The van der Waals surface area contributed by atoms with Crippen molar-refractivity contribution in [3.05, 3.63) is 25.2 Å². The lowest BCUT2D eigenvalue weighted by atomic mass is 10.3. The van der Waals surface area contributed by atoms with Crippen LogP contribution in [0.4, 0.5) is 0 Å². The molecule has 0 aromatic rings. The van der Waals surface area contributed by atoms with Crippen LogP contribution < -0.4 is 0 Å². The fourth-order valence-electron chi connectivity index (χ4n) is 0.619. The summed E-state index contributed by atoms with van der Waals surface area (Å²) in [7, 11) is 1.59. The van der Waals surface area contributed by atoms with Crippen molar-refractivity contribution >= 4 is 19.7 Å². The van der Waals surface area contributed by atoms with Crippen LogP contribution in [0.3, 0.4) is 0 Å². The largest absolute Gasteiger partial charge is 0.471 e. The number of allylic oxidation sites excluding steroid dienone is 1. The van der Waals surface area contributed by atoms with Gasteiger partial charge in [0, 0.05) is 17.1 Å². The first-order chi connectivity index (χ1) is 5.45. The van der Waals surface area contributed by atoms with Crippen LogP contribution in [0.5, 0.6) is 0 Å². The molecule has 0 fully saturated rings. The molecule has 0 aliphatic carbocycles. The summed E-state index contributed by atoms with van der Waals surface area (Å²) in [6.45, 7) is 6.86. The van der Waals surface area contributed by atoms with Crippen LogP contribution in [0.25, 0.3) is 0 Å². The predicted octanol–water partition coefficient (Wildman–Crippen LogP) is 2.01. The van der Waals surface area contributed by atoms with Gasteiger partial charge in [-0.2, -0.15) is 0 Å². The van der Waals surface area contributed by atoms with E-state index in [0.29, 0.717) is 18.6 Å². The Kier molecular flexibility index (Phi) is 5.01. The molecule has 0 N–H and O–H groups in total. The molecule has 0 bridgehead atoms. The molecule has 0 aromatic heterocycles. The maximum absolute atomic E-state index is 10.4. The van der Waals surface area contributed by atoms with Crippen molar-refractivity contribution in [1.82, 2.24) is 0 Å². The first-order valence-electron chi connectivity index (χ1n) is 3.33. The molecule has 0 aromatic carbocycles. The van der Waals surface area contributed by atoms with E-state index in [1.54, 1.807) is 0 Å². The summed E-state index contributed by atoms with van der Waals surface area (Å²) >= 11 is 0. The van der Waals surface area contributed by atoms with Crippen LogP contribution in [-0.2, 0) is 13.8 Å². The molecule has 0 rings (SSSR count). The van der Waals surface area contributed by atoms with Crippen LogP contribution in [0.1, 0.15) is 12.8 Å². The second-order valence-corrected chi connectivity index (χ2v) is 5.07. The normalized spacial score (nSPS) is 10.8. The Bertz CT molecular complexity index is 256. The van der Waals surface area contributed by atoms with E-state index in [-0.39, 0.29) is 5.75 Å². The highest BCUT2D eigenvalue weighted by molar-refractivity contribution is 8.13. The van der Waals surface area contributed by atoms with Crippen molar-refractivity contribution in [2.45, 2.75) is 12.8 Å². The Hall–Kier alpha value is -0.480. The van der Waals surface area contributed by atoms with Crippen molar-refractivity contribution in [2.24, 2.45) is 0 Å². The molecule has 0 unspecified atom stereocenters. The summed E-state index contributed by atoms with van der Waals surface area (Å²) < 4.78 is 25.7. The van der Waals surface area contributed by atoms with Crippen LogP contribution in [0.2, 0.25) is 0 Å². The molecule has 0 radical (unpaired) electrons. The molecule has 0 saturated heterocycles. The van der Waals surface area contributed by atoms with E-state index >= 15 is 0 Å². The number of hydrogen-bond donors (Lipinski definition) is 0. The van der Waals surface area contributed by atoms with Gasteiger partial charge in [0.1, 0.15) is 0 Å². The minimum Gasteiger partial charge on any atom is -0.471 e. The standard InChI is InChI=1S/C7H11ClO3S/c1-3-11-7(2)5-4-6-12(8,9)10/h3H,1-2,4-6H2. The summed E-state index contributed by atoms with van der Waals surface area (Å²) in [5, 5.41) is 0. The van der Waals surface area contributed by atoms with Gasteiger partial charge in [0.05, 0.1) is 17.8 Å². The summed E-state index contributed by atoms with van der Waals surface area (Å²) in [6.07, 6.45) is 2.13. The first-order valence-corrected chi connectivity index (χ1v) is 5.81. The van der Waals surface area contributed by atoms with Crippen LogP contribution in [0, 0.1) is 0 Å². The SMILES string of the molecule is C=COC(=C)CCCS(=O)(=O)Cl. The molecule has 70 valence electrons. The average Bonchev–Trinajstić information content (AvgIpc) is 1.84. The summed E-state index contributed by atoms with van der Waals surface area (Å²) in [6, 6.07) is 0. The number of hydrogen-bond acceptors (Lipinski definition) is 3. The molecule has 0 spiro atoms. The fraction of sp³-hybridized carbons (Fsp3) is 0.429. The summed E-state index contributed by atoms with van der Waals surface area (Å²) in [5.74, 6) is 0.430. The zero-order chi connectivity index (χ0) is 9.61. The zero-order valence-corrected chi connectivity index (χ0v) is 8.20. The van der Waals surface area contributed by atoms with Gasteiger partial charge < -0.3 is 4.74 Å². The Labute approximate surface area is 77.1 Å². The minimum atomic E-state index is -3.39. The fourth-order valence-corrected chi connectivity index (χ4v) is 1.43. The third-order valence-electron chi connectivity index (χ3n) is 1.09. The van der Waals surface area contributed by atoms with Crippen molar-refractivity contribution in [1.29, 1.82) is 0 Å². The monoisotopic (exact) mass is 210 g/mol. The Balaban J connectivity index is 3.57. The molecule has 12 heavy (non-hydrogen) atoms. The zero-order valence-electron chi connectivity index (χ0n) is 6.62. The van der Waals surface area contributed by atoms with Gasteiger partial charge in [0.2, 0.25) is 9.05 Å². The van der Waals surface area contributed by atoms with Gasteiger partial charge in [-0.3, -0.25) is 0 Å². The van der Waals surface area contributed by atoms with E-state index in [1.165, 1.54) is 6.26 Å². The Morgan fingerprint density at radius 1 is 1.58 bits per heavy atom. The highest BCUT2D eigenvalue weighted by Gasteiger charge is 2.04. The van der Waals surface area contributed by atoms with E-state index in [9.17, 15) is 8.42 Å². The van der Waals surface area contributed by atoms with Crippen molar-refractivity contribution in [2.75, 3.05) is 5.75 Å². The lowest BCUT2D eigenvalue weighted by Gasteiger charge is -2.01. The van der Waals surface area contributed by atoms with Gasteiger partial charge in [-0.1, -0.05) is 13.2 Å². The van der Waals surface area contributed by atoms with E-state index in [0.717, 1.165) is 0 Å². The topological polar surface area (TPSA) is 43.4 Å². The van der Waals surface area contributed by atoms with Gasteiger partial charge in [0.15, 0.2) is 0 Å². The van der Waals surface area contributed by atoms with E-state index in [1.807, 2.05) is 0 Å². The minimum absolute atomic E-state index is 0.0614. The quantitative estimate of drug-likeness (QED) is 0.498. The van der Waals surface area contributed by atoms with Crippen LogP contribution in [-0.4, -0.2) is 14.2 Å². The van der Waals surface area contributed by atoms with E-state index in [4.69, 9.17) is 15.4 Å². The number of rotatable bonds is 6. The highest BCUT2D eigenvalue weighted by atomic mass is 35.7. The maximum Gasteiger partial charge on any atom is 0.232 e. The molecular weight excluding hydrogens is 200 g/mol. The molecule has 0 atom stereocenters. The van der Waals surface area contributed by atoms with Gasteiger partial charge in [0.25, 0.3) is 0 Å². The second-order valence-electron chi connectivity index (χ2n) is 2.17. The summed E-state index contributed by atoms with van der Waals surface area (Å²) in [5.41, 5.74) is 0. The van der Waals surface area contributed by atoms with Gasteiger partial charge in [-0.15, -0.1) is 0 Å². The Morgan fingerprint density at radius 2 is 2.17 bits per heavy atom. The second kappa shape index (κ2) is 5.22. The lowest BCUT2D eigenvalue weighted by Crippen LogP contribution is -1.97. The molecule has 0 aliphatic heterocycles. The van der Waals surface area contributed by atoms with E-state index in [2.05, 4.69) is 13.2 Å². The Morgan fingerprint density at radius 3 is 2.58 bits per heavy atom. The van der Waals surface area contributed by atoms with E-state index < -0.39 is 9.05 Å². The average molecular weight is 211 g/mol. The smallest absolute Gasteiger partial charge is 0.232 e. The molecule has 3 nitrogen and oxygen atoms in total. The van der Waals surface area contributed by atoms with Gasteiger partial charge in [-0.25, -0.2) is 8.42 Å². The third kappa shape index (κ3) is 7.63. The van der Waals surface area contributed by atoms with Crippen molar-refractivity contribution in [3.8, 4) is 0 Å². The molecule has 0 amide bonds. The third-order valence-corrected chi connectivity index (χ3v) is 2.33. The van der Waals surface area contributed by atoms with Gasteiger partial charge in [-0.05, 0) is 6.42 Å². The van der Waals surface area contributed by atoms with Crippen molar-refractivity contribution in [3.63, 3.8) is 0 Å². The molecule has 0 aliphatic rings. The highest BCUT2D eigenvalue weighted by Crippen LogP contribution is 2.07. The maximum atomic E-state index is 10.4. The molecule has 0 saturated carbocycles. The van der Waals surface area contributed by atoms with Crippen LogP contribution >= 0.6 is 10.7 Å². The lowest BCUT2D eigenvalue weighted by molar-refractivity contribution is 0.336. The van der Waals surface area contributed by atoms with Crippen molar-refractivity contribution < 1.29 is 13.2 Å². The number of ether oxygens (including phenoxy) is 1. The predicted molar refractivity (Wildman–Crippen MR) is 49.3 cm³/mol. The van der Waals surface area contributed by atoms with Gasteiger partial charge >= 0.3 is 0 Å². The summed E-state index contributed by atoms with van der Waals surface area (Å²) in [4.78, 5) is 0. The molecular formula is C7H11ClO3S. The van der Waals surface area contributed by atoms with Crippen LogP contribution in [0.15, 0.2) is 25.2 Å². The first kappa shape index (κ1) is 11.5. The number of halogens is 1.